The molecule has 0 amide bonds. The first kappa shape index (κ1) is 12.9. The summed E-state index contributed by atoms with van der Waals surface area (Å²) in [4.78, 5) is 0. The van der Waals surface area contributed by atoms with E-state index < -0.39 is 0 Å². The molecule has 0 radical (unpaired) electrons. The van der Waals surface area contributed by atoms with Gasteiger partial charge in [0.2, 0.25) is 0 Å². The first-order valence-corrected chi connectivity index (χ1v) is 6.00. The average molecular weight is 188 g/mol. The smallest absolute Gasteiger partial charge is 0.0533 e. The third-order valence-corrected chi connectivity index (χ3v) is 3.00. The van der Waals surface area contributed by atoms with Crippen LogP contribution in [0, 0.1) is 0 Å². The molecule has 0 saturated heterocycles. The Morgan fingerprint density at radius 2 is 0.308 bits per heavy atom. The molecule has 0 aliphatic heterocycles. The van der Waals surface area contributed by atoms with Gasteiger partial charge in [-0.2, -0.15) is 0 Å². The fourth-order valence-corrected chi connectivity index (χ4v) is 2.12. The zero-order valence-corrected chi connectivity index (χ0v) is 8.89. The van der Waals surface area contributed by atoms with Crippen molar-refractivity contribution in [2.24, 2.45) is 0 Å². The Bertz CT molecular complexity index is 48.1. The van der Waals surface area contributed by atoms with E-state index >= 15 is 0 Å². The SMILES string of the molecule is C1CCCCCCCCCCC1.F. The van der Waals surface area contributed by atoms with Gasteiger partial charge >= 0.3 is 0 Å². The van der Waals surface area contributed by atoms with E-state index in [-0.39, 0.29) is 4.70 Å². The normalized spacial score (nSPS) is 22.2. The Morgan fingerprint density at radius 3 is 0.385 bits per heavy atom. The summed E-state index contributed by atoms with van der Waals surface area (Å²) >= 11 is 0. The fraction of sp³-hybridized carbons (Fsp3) is 1.00. The summed E-state index contributed by atoms with van der Waals surface area (Å²) in [6.07, 6.45) is 18.0. The Balaban J connectivity index is 0.00000144. The minimum absolute atomic E-state index is 0. The lowest BCUT2D eigenvalue weighted by Gasteiger charge is -2.05. The van der Waals surface area contributed by atoms with E-state index in [1.54, 1.807) is 0 Å². The van der Waals surface area contributed by atoms with Crippen LogP contribution in [0.15, 0.2) is 0 Å². The highest BCUT2D eigenvalue weighted by atomic mass is 19.0. The maximum absolute atomic E-state index is 1.50. The average Bonchev–Trinajstić information content (AvgIpc) is 2.05. The van der Waals surface area contributed by atoms with Crippen LogP contribution in [0.2, 0.25) is 0 Å². The molecule has 13 heavy (non-hydrogen) atoms. The monoisotopic (exact) mass is 188 g/mol. The predicted molar refractivity (Wildman–Crippen MR) is 57.9 cm³/mol. The quantitative estimate of drug-likeness (QED) is 0.510. The molecular formula is C12H25F. The highest BCUT2D eigenvalue weighted by Crippen LogP contribution is 2.15. The molecule has 0 nitrogen and oxygen atoms in total. The van der Waals surface area contributed by atoms with Gasteiger partial charge in [-0.15, -0.1) is 0 Å². The van der Waals surface area contributed by atoms with Gasteiger partial charge in [0, 0.05) is 0 Å². The van der Waals surface area contributed by atoms with E-state index in [9.17, 15) is 0 Å². The van der Waals surface area contributed by atoms with Crippen molar-refractivity contribution in [3.05, 3.63) is 0 Å². The predicted octanol–water partition coefficient (Wildman–Crippen LogP) is 4.83. The van der Waals surface area contributed by atoms with E-state index in [1.807, 2.05) is 0 Å². The minimum Gasteiger partial charge on any atom is -0.269 e. The van der Waals surface area contributed by atoms with Crippen molar-refractivity contribution in [2.75, 3.05) is 0 Å². The van der Waals surface area contributed by atoms with E-state index in [1.165, 1.54) is 77.0 Å². The molecule has 1 heteroatoms. The lowest BCUT2D eigenvalue weighted by atomic mass is 10.0. The number of hydrogen-bond acceptors (Lipinski definition) is 0. The van der Waals surface area contributed by atoms with Gasteiger partial charge in [0.1, 0.15) is 0 Å². The highest BCUT2D eigenvalue weighted by molar-refractivity contribution is 4.51. The summed E-state index contributed by atoms with van der Waals surface area (Å²) in [5, 5.41) is 0. The minimum atomic E-state index is 0. The van der Waals surface area contributed by atoms with Gasteiger partial charge in [-0.3, -0.25) is 4.70 Å². The van der Waals surface area contributed by atoms with Crippen molar-refractivity contribution in [3.8, 4) is 0 Å². The van der Waals surface area contributed by atoms with Gasteiger partial charge < -0.3 is 0 Å². The standard InChI is InChI=1S/C12H24.FH/c1-2-4-6-8-10-12-11-9-7-5-3-1;/h1-12H2;1H. The van der Waals surface area contributed by atoms with Crippen LogP contribution < -0.4 is 0 Å². The molecule has 1 aliphatic carbocycles. The second-order valence-corrected chi connectivity index (χ2v) is 4.24. The van der Waals surface area contributed by atoms with Gasteiger partial charge in [0.25, 0.3) is 0 Å². The molecule has 0 bridgehead atoms. The van der Waals surface area contributed by atoms with E-state index in [4.69, 9.17) is 0 Å². The largest absolute Gasteiger partial charge is 0.269 e. The second-order valence-electron chi connectivity index (χ2n) is 4.24. The number of halogens is 1. The van der Waals surface area contributed by atoms with Crippen LogP contribution in [-0.4, -0.2) is 0 Å². The molecule has 1 aliphatic rings. The molecule has 1 fully saturated rings. The molecule has 0 aromatic heterocycles. The molecular weight excluding hydrogens is 163 g/mol. The molecule has 0 spiro atoms. The van der Waals surface area contributed by atoms with Crippen molar-refractivity contribution in [2.45, 2.75) is 77.0 Å². The number of hydrogen-bond donors (Lipinski definition) is 0. The van der Waals surface area contributed by atoms with Crippen molar-refractivity contribution >= 4 is 0 Å². The summed E-state index contributed by atoms with van der Waals surface area (Å²) in [5.74, 6) is 0. The molecule has 0 atom stereocenters. The van der Waals surface area contributed by atoms with Crippen LogP contribution in [0.3, 0.4) is 0 Å². The third kappa shape index (κ3) is 8.27. The van der Waals surface area contributed by atoms with Crippen LogP contribution >= 0.6 is 0 Å². The zero-order chi connectivity index (χ0) is 8.49. The van der Waals surface area contributed by atoms with Gasteiger partial charge in [-0.05, 0) is 0 Å². The maximum Gasteiger partial charge on any atom is -0.0533 e. The molecule has 80 valence electrons. The summed E-state index contributed by atoms with van der Waals surface area (Å²) in [7, 11) is 0. The topological polar surface area (TPSA) is 0 Å². The summed E-state index contributed by atoms with van der Waals surface area (Å²) in [6, 6.07) is 0. The summed E-state index contributed by atoms with van der Waals surface area (Å²) in [5.41, 5.74) is 0. The highest BCUT2D eigenvalue weighted by Gasteiger charge is 1.96. The fourth-order valence-electron chi connectivity index (χ4n) is 2.12. The Labute approximate surface area is 82.5 Å². The van der Waals surface area contributed by atoms with Crippen LogP contribution in [0.4, 0.5) is 4.70 Å². The lowest BCUT2D eigenvalue weighted by molar-refractivity contribution is 0.504. The van der Waals surface area contributed by atoms with Gasteiger partial charge in [0.05, 0.1) is 0 Å². The summed E-state index contributed by atoms with van der Waals surface area (Å²) in [6.45, 7) is 0. The molecule has 0 N–H and O–H groups in total. The van der Waals surface area contributed by atoms with Crippen LogP contribution in [0.25, 0.3) is 0 Å². The van der Waals surface area contributed by atoms with Crippen molar-refractivity contribution in [1.29, 1.82) is 0 Å². The molecule has 1 saturated carbocycles. The first-order valence-electron chi connectivity index (χ1n) is 6.00. The summed E-state index contributed by atoms with van der Waals surface area (Å²) < 4.78 is 0. The van der Waals surface area contributed by atoms with Gasteiger partial charge in [-0.25, -0.2) is 0 Å². The molecule has 0 unspecified atom stereocenters. The van der Waals surface area contributed by atoms with Crippen molar-refractivity contribution < 1.29 is 4.70 Å². The lowest BCUT2D eigenvalue weighted by Crippen LogP contribution is -1.85. The van der Waals surface area contributed by atoms with Crippen LogP contribution in [-0.2, 0) is 0 Å². The molecule has 1 rings (SSSR count). The Morgan fingerprint density at radius 1 is 0.231 bits per heavy atom. The van der Waals surface area contributed by atoms with E-state index in [0.29, 0.717) is 0 Å². The van der Waals surface area contributed by atoms with E-state index in [0.717, 1.165) is 0 Å². The van der Waals surface area contributed by atoms with Gasteiger partial charge in [0.15, 0.2) is 0 Å². The van der Waals surface area contributed by atoms with E-state index in [2.05, 4.69) is 0 Å². The third-order valence-electron chi connectivity index (χ3n) is 3.00. The van der Waals surface area contributed by atoms with Crippen LogP contribution in [0.5, 0.6) is 0 Å². The maximum atomic E-state index is 1.50. The van der Waals surface area contributed by atoms with Crippen LogP contribution in [0.1, 0.15) is 77.0 Å². The first-order chi connectivity index (χ1) is 6.00. The second kappa shape index (κ2) is 10.0. The zero-order valence-electron chi connectivity index (χ0n) is 8.89. The Kier molecular flexibility index (Phi) is 9.96. The van der Waals surface area contributed by atoms with Crippen molar-refractivity contribution in [1.82, 2.24) is 0 Å². The molecule has 0 heterocycles. The number of rotatable bonds is 0. The molecule has 0 aromatic rings. The Hall–Kier alpha value is -0.0700. The molecule has 0 aromatic carbocycles. The van der Waals surface area contributed by atoms with Crippen molar-refractivity contribution in [3.63, 3.8) is 0 Å². The van der Waals surface area contributed by atoms with Gasteiger partial charge in [-0.1, -0.05) is 77.0 Å².